The number of nitrogens with one attached hydrogen (secondary N) is 1. The summed E-state index contributed by atoms with van der Waals surface area (Å²) in [6.07, 6.45) is 0.162. The predicted molar refractivity (Wildman–Crippen MR) is 77.4 cm³/mol. The molecule has 1 unspecified atom stereocenters. The molecule has 0 aliphatic rings. The van der Waals surface area contributed by atoms with Gasteiger partial charge in [0.15, 0.2) is 0 Å². The normalized spacial score (nSPS) is 12.3. The highest BCUT2D eigenvalue weighted by atomic mass is 16.3. The zero-order valence-corrected chi connectivity index (χ0v) is 11.8. The number of aliphatic hydroxyl groups is 1. The number of aliphatic hydroxyl groups excluding tert-OH is 1. The molecule has 0 spiro atoms. The summed E-state index contributed by atoms with van der Waals surface area (Å²) in [7, 11) is 1.70. The van der Waals surface area contributed by atoms with Crippen molar-refractivity contribution in [1.29, 1.82) is 0 Å². The molecular weight excluding hydrogens is 256 g/mol. The standard InChI is InChI=1S/C15H20N2O3/c1-11(18)7-8-17(2)15(19)16-10-13-9-12-5-3-4-6-14(12)20-13/h3-6,9,11,18H,7-8,10H2,1-2H3,(H,16,19). The minimum atomic E-state index is -0.402. The van der Waals surface area contributed by atoms with E-state index in [1.807, 2.05) is 30.3 Å². The summed E-state index contributed by atoms with van der Waals surface area (Å²) >= 11 is 0. The maximum Gasteiger partial charge on any atom is 0.317 e. The zero-order chi connectivity index (χ0) is 14.5. The average molecular weight is 276 g/mol. The molecule has 5 nitrogen and oxygen atoms in total. The Morgan fingerprint density at radius 2 is 2.20 bits per heavy atom. The van der Waals surface area contributed by atoms with E-state index < -0.39 is 6.10 Å². The number of benzene rings is 1. The van der Waals surface area contributed by atoms with E-state index in [1.165, 1.54) is 0 Å². The molecule has 1 aromatic carbocycles. The smallest absolute Gasteiger partial charge is 0.317 e. The summed E-state index contributed by atoms with van der Waals surface area (Å²) in [4.78, 5) is 13.4. The fraction of sp³-hybridized carbons (Fsp3) is 0.400. The maximum absolute atomic E-state index is 11.8. The molecule has 1 aromatic heterocycles. The number of para-hydroxylation sites is 1. The molecule has 0 saturated heterocycles. The van der Waals surface area contributed by atoms with E-state index >= 15 is 0 Å². The second kappa shape index (κ2) is 6.43. The number of hydrogen-bond donors (Lipinski definition) is 2. The van der Waals surface area contributed by atoms with Crippen LogP contribution in [0.1, 0.15) is 19.1 Å². The number of nitrogens with zero attached hydrogens (tertiary/aromatic N) is 1. The molecule has 5 heteroatoms. The number of hydrogen-bond acceptors (Lipinski definition) is 3. The highest BCUT2D eigenvalue weighted by Crippen LogP contribution is 2.18. The van der Waals surface area contributed by atoms with Crippen LogP contribution in [-0.4, -0.2) is 35.7 Å². The van der Waals surface area contributed by atoms with Gasteiger partial charge in [-0.1, -0.05) is 18.2 Å². The molecule has 0 saturated carbocycles. The second-order valence-corrected chi connectivity index (χ2v) is 4.97. The van der Waals surface area contributed by atoms with Crippen molar-refractivity contribution >= 4 is 17.0 Å². The van der Waals surface area contributed by atoms with Crippen molar-refractivity contribution in [2.45, 2.75) is 26.0 Å². The van der Waals surface area contributed by atoms with E-state index in [0.29, 0.717) is 19.5 Å². The third kappa shape index (κ3) is 3.74. The largest absolute Gasteiger partial charge is 0.459 e. The van der Waals surface area contributed by atoms with Gasteiger partial charge < -0.3 is 19.7 Å². The quantitative estimate of drug-likeness (QED) is 0.881. The summed E-state index contributed by atoms with van der Waals surface area (Å²) in [5.41, 5.74) is 0.819. The van der Waals surface area contributed by atoms with E-state index in [4.69, 9.17) is 4.42 Å². The predicted octanol–water partition coefficient (Wildman–Crippen LogP) is 2.35. The second-order valence-electron chi connectivity index (χ2n) is 4.97. The van der Waals surface area contributed by atoms with E-state index in [0.717, 1.165) is 16.7 Å². The lowest BCUT2D eigenvalue weighted by Crippen LogP contribution is -2.38. The van der Waals surface area contributed by atoms with E-state index in [-0.39, 0.29) is 6.03 Å². The van der Waals surface area contributed by atoms with Crippen molar-refractivity contribution in [2.24, 2.45) is 0 Å². The van der Waals surface area contributed by atoms with Gasteiger partial charge in [-0.15, -0.1) is 0 Å². The van der Waals surface area contributed by atoms with Crippen molar-refractivity contribution in [2.75, 3.05) is 13.6 Å². The third-order valence-corrected chi connectivity index (χ3v) is 3.12. The van der Waals surface area contributed by atoms with Gasteiger partial charge in [-0.2, -0.15) is 0 Å². The van der Waals surface area contributed by atoms with Crippen LogP contribution < -0.4 is 5.32 Å². The average Bonchev–Trinajstić information content (AvgIpc) is 2.84. The fourth-order valence-electron chi connectivity index (χ4n) is 1.90. The molecule has 0 fully saturated rings. The lowest BCUT2D eigenvalue weighted by Gasteiger charge is -2.18. The Kier molecular flexibility index (Phi) is 4.63. The number of furan rings is 1. The van der Waals surface area contributed by atoms with Crippen LogP contribution in [0.5, 0.6) is 0 Å². The molecular formula is C15H20N2O3. The number of rotatable bonds is 5. The van der Waals surface area contributed by atoms with Crippen molar-refractivity contribution in [3.63, 3.8) is 0 Å². The highest BCUT2D eigenvalue weighted by molar-refractivity contribution is 5.78. The monoisotopic (exact) mass is 276 g/mol. The molecule has 0 radical (unpaired) electrons. The van der Waals surface area contributed by atoms with Crippen LogP contribution in [-0.2, 0) is 6.54 Å². The molecule has 2 rings (SSSR count). The SMILES string of the molecule is CC(O)CCN(C)C(=O)NCc1cc2ccccc2o1. The molecule has 2 amide bonds. The third-order valence-electron chi connectivity index (χ3n) is 3.12. The van der Waals surface area contributed by atoms with Crippen LogP contribution >= 0.6 is 0 Å². The van der Waals surface area contributed by atoms with Gasteiger partial charge in [0.05, 0.1) is 12.6 Å². The van der Waals surface area contributed by atoms with Gasteiger partial charge in [0.25, 0.3) is 0 Å². The first-order chi connectivity index (χ1) is 9.56. The number of carbonyl (C=O) groups excluding carboxylic acids is 1. The van der Waals surface area contributed by atoms with Gasteiger partial charge in [0.1, 0.15) is 11.3 Å². The summed E-state index contributed by atoms with van der Waals surface area (Å²) in [5, 5.41) is 13.0. The van der Waals surface area contributed by atoms with Crippen LogP contribution in [0.15, 0.2) is 34.7 Å². The molecule has 20 heavy (non-hydrogen) atoms. The fourth-order valence-corrected chi connectivity index (χ4v) is 1.90. The number of urea groups is 1. The van der Waals surface area contributed by atoms with Gasteiger partial charge >= 0.3 is 6.03 Å². The van der Waals surface area contributed by atoms with Crippen molar-refractivity contribution in [3.8, 4) is 0 Å². The minimum absolute atomic E-state index is 0.175. The van der Waals surface area contributed by atoms with Gasteiger partial charge in [-0.05, 0) is 25.5 Å². The molecule has 0 aliphatic heterocycles. The first-order valence-corrected chi connectivity index (χ1v) is 6.71. The van der Waals surface area contributed by atoms with Crippen LogP contribution in [0.2, 0.25) is 0 Å². The van der Waals surface area contributed by atoms with Crippen molar-refractivity contribution in [3.05, 3.63) is 36.1 Å². The lowest BCUT2D eigenvalue weighted by atomic mass is 10.2. The molecule has 108 valence electrons. The topological polar surface area (TPSA) is 65.7 Å². The molecule has 1 atom stereocenters. The lowest BCUT2D eigenvalue weighted by molar-refractivity contribution is 0.163. The van der Waals surface area contributed by atoms with E-state index in [1.54, 1.807) is 18.9 Å². The maximum atomic E-state index is 11.8. The summed E-state index contributed by atoms with van der Waals surface area (Å²) in [6, 6.07) is 9.48. The Balaban J connectivity index is 1.86. The number of amides is 2. The first-order valence-electron chi connectivity index (χ1n) is 6.71. The van der Waals surface area contributed by atoms with Crippen molar-refractivity contribution in [1.82, 2.24) is 10.2 Å². The molecule has 2 aromatic rings. The first kappa shape index (κ1) is 14.4. The molecule has 0 aliphatic carbocycles. The van der Waals surface area contributed by atoms with Gasteiger partial charge in [-0.3, -0.25) is 0 Å². The minimum Gasteiger partial charge on any atom is -0.459 e. The van der Waals surface area contributed by atoms with Crippen LogP contribution in [0, 0.1) is 0 Å². The van der Waals surface area contributed by atoms with Gasteiger partial charge in [-0.25, -0.2) is 4.79 Å². The van der Waals surface area contributed by atoms with Crippen molar-refractivity contribution < 1.29 is 14.3 Å². The summed E-state index contributed by atoms with van der Waals surface area (Å²) in [6.45, 7) is 2.58. The Labute approximate surface area is 118 Å². The van der Waals surface area contributed by atoms with Crippen LogP contribution in [0.3, 0.4) is 0 Å². The van der Waals surface area contributed by atoms with Gasteiger partial charge in [0, 0.05) is 19.0 Å². The number of fused-ring (bicyclic) bond motifs is 1. The van der Waals surface area contributed by atoms with E-state index in [2.05, 4.69) is 5.32 Å². The van der Waals surface area contributed by atoms with Crippen LogP contribution in [0.25, 0.3) is 11.0 Å². The summed E-state index contributed by atoms with van der Waals surface area (Å²) < 4.78 is 5.62. The Bertz CT molecular complexity index is 544. The Hall–Kier alpha value is -2.01. The Morgan fingerprint density at radius 3 is 2.90 bits per heavy atom. The zero-order valence-electron chi connectivity index (χ0n) is 11.8. The number of carbonyl (C=O) groups is 1. The van der Waals surface area contributed by atoms with E-state index in [9.17, 15) is 9.90 Å². The highest BCUT2D eigenvalue weighted by Gasteiger charge is 2.10. The molecule has 1 heterocycles. The molecule has 2 N–H and O–H groups in total. The molecule has 0 bridgehead atoms. The Morgan fingerprint density at radius 1 is 1.45 bits per heavy atom. The summed E-state index contributed by atoms with van der Waals surface area (Å²) in [5.74, 6) is 0.725. The van der Waals surface area contributed by atoms with Gasteiger partial charge in [0.2, 0.25) is 0 Å². The van der Waals surface area contributed by atoms with Crippen LogP contribution in [0.4, 0.5) is 4.79 Å².